The molecule has 0 aliphatic heterocycles. The average Bonchev–Trinajstić information content (AvgIpc) is 2.09. The molecule has 0 radical (unpaired) electrons. The van der Waals surface area contributed by atoms with Crippen LogP contribution < -0.4 is 4.74 Å². The molecule has 0 heterocycles. The lowest BCUT2D eigenvalue weighted by molar-refractivity contribution is 0.340. The lowest BCUT2D eigenvalue weighted by atomic mass is 10.2. The summed E-state index contributed by atoms with van der Waals surface area (Å²) in [7, 11) is 1.82. The van der Waals surface area contributed by atoms with E-state index in [9.17, 15) is 0 Å². The van der Waals surface area contributed by atoms with Crippen molar-refractivity contribution in [1.82, 2.24) is 0 Å². The lowest BCUT2D eigenvalue weighted by Gasteiger charge is -2.11. The minimum Gasteiger partial charge on any atom is -0.661 e. The average molecular weight is 164 g/mol. The summed E-state index contributed by atoms with van der Waals surface area (Å²) in [6.45, 7) is 3.49. The Bertz CT molecular complexity index is 193. The minimum atomic E-state index is 0.720. The molecule has 66 valence electrons. The van der Waals surface area contributed by atoms with Crippen molar-refractivity contribution >= 4 is 0 Å². The molecule has 0 saturated carbocycles. The highest BCUT2D eigenvalue weighted by Crippen LogP contribution is 2.13. The smallest absolute Gasteiger partial charge is 0.119 e. The van der Waals surface area contributed by atoms with Crippen LogP contribution in [0.15, 0.2) is 24.3 Å². The topological polar surface area (TPSA) is 23.3 Å². The molecular formula is C10H14NO-. The van der Waals surface area contributed by atoms with Gasteiger partial charge in [0.25, 0.3) is 0 Å². The second-order valence-corrected chi connectivity index (χ2v) is 2.55. The first kappa shape index (κ1) is 9.07. The summed E-state index contributed by atoms with van der Waals surface area (Å²) in [5.41, 5.74) is 1.22. The Labute approximate surface area is 73.6 Å². The molecule has 0 aliphatic carbocycles. The standard InChI is InChI=1S/C10H14NO/c1-3-12-10-6-4-9(5-7-10)8-11-2/h4-7H,3,8H2,1-2H3/q-1. The first-order chi connectivity index (χ1) is 5.86. The highest BCUT2D eigenvalue weighted by atomic mass is 16.5. The predicted octanol–water partition coefficient (Wildman–Crippen LogP) is 2.59. The van der Waals surface area contributed by atoms with Crippen LogP contribution in [-0.2, 0) is 6.54 Å². The molecule has 1 aromatic rings. The number of rotatable bonds is 4. The van der Waals surface area contributed by atoms with Crippen molar-refractivity contribution in [1.29, 1.82) is 0 Å². The normalized spacial score (nSPS) is 9.83. The zero-order valence-electron chi connectivity index (χ0n) is 7.58. The third-order valence-electron chi connectivity index (χ3n) is 1.58. The van der Waals surface area contributed by atoms with E-state index in [4.69, 9.17) is 4.74 Å². The van der Waals surface area contributed by atoms with Gasteiger partial charge >= 0.3 is 0 Å². The molecule has 1 aromatic carbocycles. The van der Waals surface area contributed by atoms with Crippen LogP contribution in [0.1, 0.15) is 12.5 Å². The van der Waals surface area contributed by atoms with E-state index in [0.717, 1.165) is 18.9 Å². The summed E-state index contributed by atoms with van der Waals surface area (Å²) in [6.07, 6.45) is 0. The SMILES string of the molecule is CCOc1ccc(C[N-]C)cc1. The minimum absolute atomic E-state index is 0.720. The van der Waals surface area contributed by atoms with Gasteiger partial charge in [-0.05, 0) is 19.1 Å². The van der Waals surface area contributed by atoms with Crippen LogP contribution in [0, 0.1) is 0 Å². The molecule has 0 bridgehead atoms. The first-order valence-corrected chi connectivity index (χ1v) is 4.14. The van der Waals surface area contributed by atoms with Gasteiger partial charge in [0.2, 0.25) is 0 Å². The van der Waals surface area contributed by atoms with Crippen LogP contribution in [0.25, 0.3) is 5.32 Å². The van der Waals surface area contributed by atoms with Crippen molar-refractivity contribution in [2.24, 2.45) is 0 Å². The Hall–Kier alpha value is -1.02. The largest absolute Gasteiger partial charge is 0.661 e. The van der Waals surface area contributed by atoms with Crippen LogP contribution in [0.4, 0.5) is 0 Å². The van der Waals surface area contributed by atoms with Gasteiger partial charge in [0.05, 0.1) is 6.61 Å². The molecule has 2 heteroatoms. The molecule has 0 saturated heterocycles. The second kappa shape index (κ2) is 4.78. The van der Waals surface area contributed by atoms with Crippen molar-refractivity contribution in [3.05, 3.63) is 35.1 Å². The molecule has 0 fully saturated rings. The number of hydrogen-bond acceptors (Lipinski definition) is 1. The van der Waals surface area contributed by atoms with E-state index in [1.54, 1.807) is 0 Å². The Morgan fingerprint density at radius 1 is 1.25 bits per heavy atom. The van der Waals surface area contributed by atoms with Crippen molar-refractivity contribution in [3.63, 3.8) is 0 Å². The van der Waals surface area contributed by atoms with Crippen LogP contribution in [-0.4, -0.2) is 13.7 Å². The molecule has 1 rings (SSSR count). The molecule has 0 aromatic heterocycles. The zero-order chi connectivity index (χ0) is 8.81. The van der Waals surface area contributed by atoms with Crippen LogP contribution in [0.5, 0.6) is 5.75 Å². The monoisotopic (exact) mass is 164 g/mol. The Morgan fingerprint density at radius 2 is 1.92 bits per heavy atom. The van der Waals surface area contributed by atoms with Gasteiger partial charge < -0.3 is 10.1 Å². The molecule has 12 heavy (non-hydrogen) atoms. The van der Waals surface area contributed by atoms with Gasteiger partial charge in [-0.2, -0.15) is 7.05 Å². The number of hydrogen-bond donors (Lipinski definition) is 0. The van der Waals surface area contributed by atoms with Gasteiger partial charge in [-0.1, -0.05) is 17.7 Å². The van der Waals surface area contributed by atoms with Crippen LogP contribution >= 0.6 is 0 Å². The summed E-state index contributed by atoms with van der Waals surface area (Å²) >= 11 is 0. The first-order valence-electron chi connectivity index (χ1n) is 4.14. The molecule has 0 aliphatic rings. The third-order valence-corrected chi connectivity index (χ3v) is 1.58. The number of benzene rings is 1. The molecule has 0 spiro atoms. The molecule has 0 atom stereocenters. The molecular weight excluding hydrogens is 150 g/mol. The summed E-state index contributed by atoms with van der Waals surface area (Å²) in [5, 5.41) is 4.04. The van der Waals surface area contributed by atoms with Crippen LogP contribution in [0.3, 0.4) is 0 Å². The third kappa shape index (κ3) is 2.55. The van der Waals surface area contributed by atoms with Gasteiger partial charge in [-0.3, -0.25) is 0 Å². The fraction of sp³-hybridized carbons (Fsp3) is 0.400. The maximum atomic E-state index is 5.31. The summed E-state index contributed by atoms with van der Waals surface area (Å²) in [6, 6.07) is 8.03. The van der Waals surface area contributed by atoms with Gasteiger partial charge in [-0.15, -0.1) is 6.54 Å². The van der Waals surface area contributed by atoms with Crippen molar-refractivity contribution < 1.29 is 4.74 Å². The van der Waals surface area contributed by atoms with Gasteiger partial charge in [0.1, 0.15) is 5.75 Å². The molecule has 0 amide bonds. The van der Waals surface area contributed by atoms with E-state index in [1.807, 2.05) is 38.2 Å². The van der Waals surface area contributed by atoms with E-state index in [1.165, 1.54) is 5.56 Å². The van der Waals surface area contributed by atoms with Crippen molar-refractivity contribution in [2.45, 2.75) is 13.5 Å². The summed E-state index contributed by atoms with van der Waals surface area (Å²) in [4.78, 5) is 0. The Kier molecular flexibility index (Phi) is 3.61. The lowest BCUT2D eigenvalue weighted by Crippen LogP contribution is -1.91. The molecule has 2 nitrogen and oxygen atoms in total. The van der Waals surface area contributed by atoms with E-state index in [0.29, 0.717) is 0 Å². The maximum absolute atomic E-state index is 5.31. The zero-order valence-corrected chi connectivity index (χ0v) is 7.58. The van der Waals surface area contributed by atoms with E-state index in [2.05, 4.69) is 5.32 Å². The highest BCUT2D eigenvalue weighted by Gasteiger charge is 1.89. The van der Waals surface area contributed by atoms with E-state index in [-0.39, 0.29) is 0 Å². The molecule has 0 N–H and O–H groups in total. The van der Waals surface area contributed by atoms with Gasteiger partial charge in [-0.25, -0.2) is 0 Å². The van der Waals surface area contributed by atoms with Crippen molar-refractivity contribution in [3.8, 4) is 5.75 Å². The number of nitrogens with zero attached hydrogens (tertiary/aromatic N) is 1. The van der Waals surface area contributed by atoms with Crippen LogP contribution in [0.2, 0.25) is 0 Å². The fourth-order valence-corrected chi connectivity index (χ4v) is 1.04. The number of ether oxygens (including phenoxy) is 1. The quantitative estimate of drug-likeness (QED) is 0.670. The fourth-order valence-electron chi connectivity index (χ4n) is 1.04. The highest BCUT2D eigenvalue weighted by molar-refractivity contribution is 5.28. The maximum Gasteiger partial charge on any atom is 0.119 e. The molecule has 0 unspecified atom stereocenters. The summed E-state index contributed by atoms with van der Waals surface area (Å²) < 4.78 is 5.31. The van der Waals surface area contributed by atoms with E-state index >= 15 is 0 Å². The van der Waals surface area contributed by atoms with Gasteiger partial charge in [0, 0.05) is 0 Å². The van der Waals surface area contributed by atoms with E-state index < -0.39 is 0 Å². The predicted molar refractivity (Wildman–Crippen MR) is 50.6 cm³/mol. The Balaban J connectivity index is 2.58. The van der Waals surface area contributed by atoms with Crippen molar-refractivity contribution in [2.75, 3.05) is 13.7 Å². The Morgan fingerprint density at radius 3 is 2.42 bits per heavy atom. The van der Waals surface area contributed by atoms with Gasteiger partial charge in [0.15, 0.2) is 0 Å². The second-order valence-electron chi connectivity index (χ2n) is 2.55. The summed E-state index contributed by atoms with van der Waals surface area (Å²) in [5.74, 6) is 0.928.